The predicted molar refractivity (Wildman–Crippen MR) is 59.0 cm³/mol. The third-order valence-electron chi connectivity index (χ3n) is 1.86. The molecule has 15 heavy (non-hydrogen) atoms. The van der Waals surface area contributed by atoms with Gasteiger partial charge in [-0.2, -0.15) is 0 Å². The number of rotatable bonds is 5. The Bertz CT molecular complexity index is 422. The van der Waals surface area contributed by atoms with Gasteiger partial charge in [0.15, 0.2) is 0 Å². The second-order valence-electron chi connectivity index (χ2n) is 2.88. The van der Waals surface area contributed by atoms with Crippen LogP contribution in [0.3, 0.4) is 0 Å². The van der Waals surface area contributed by atoms with Gasteiger partial charge in [0.2, 0.25) is 10.0 Å². The van der Waals surface area contributed by atoms with Crippen molar-refractivity contribution in [3.63, 3.8) is 0 Å². The Balaban J connectivity index is 2.62. The van der Waals surface area contributed by atoms with Gasteiger partial charge in [-0.15, -0.1) is 0 Å². The molecule has 4 nitrogen and oxygen atoms in total. The van der Waals surface area contributed by atoms with Gasteiger partial charge in [-0.25, -0.2) is 13.1 Å². The van der Waals surface area contributed by atoms with E-state index in [1.807, 2.05) is 0 Å². The van der Waals surface area contributed by atoms with E-state index in [-0.39, 0.29) is 6.54 Å². The van der Waals surface area contributed by atoms with Crippen molar-refractivity contribution >= 4 is 10.0 Å². The first kappa shape index (κ1) is 11.7. The zero-order chi connectivity index (χ0) is 11.3. The van der Waals surface area contributed by atoms with Crippen molar-refractivity contribution in [2.75, 3.05) is 7.11 Å². The molecule has 0 radical (unpaired) electrons. The largest absolute Gasteiger partial charge is 0.497 e. The molecule has 0 saturated carbocycles. The lowest BCUT2D eigenvalue weighted by atomic mass is 10.2. The molecule has 0 aliphatic heterocycles. The molecule has 82 valence electrons. The smallest absolute Gasteiger partial charge is 0.233 e. The Morgan fingerprint density at radius 1 is 1.40 bits per heavy atom. The minimum absolute atomic E-state index is 0.248. The fourth-order valence-electron chi connectivity index (χ4n) is 0.986. The molecule has 1 aromatic rings. The Kier molecular flexibility index (Phi) is 3.88. The van der Waals surface area contributed by atoms with Gasteiger partial charge in [-0.3, -0.25) is 0 Å². The number of ether oxygens (including phenoxy) is 1. The lowest BCUT2D eigenvalue weighted by Crippen LogP contribution is -2.20. The maximum Gasteiger partial charge on any atom is 0.233 e. The van der Waals surface area contributed by atoms with Gasteiger partial charge in [0.05, 0.1) is 7.11 Å². The van der Waals surface area contributed by atoms with Crippen LogP contribution in [0.5, 0.6) is 5.75 Å². The SMILES string of the molecule is C=CS(=O)(=O)NCc1ccc(OC)cc1. The molecular formula is C10H13NO3S. The van der Waals surface area contributed by atoms with Crippen molar-refractivity contribution in [2.24, 2.45) is 0 Å². The summed E-state index contributed by atoms with van der Waals surface area (Å²) in [6, 6.07) is 7.14. The Hall–Kier alpha value is -1.33. The topological polar surface area (TPSA) is 55.4 Å². The third-order valence-corrected chi connectivity index (χ3v) is 2.84. The molecule has 1 rings (SSSR count). The molecular weight excluding hydrogens is 214 g/mol. The molecule has 0 aliphatic carbocycles. The predicted octanol–water partition coefficient (Wildman–Crippen LogP) is 1.26. The first-order chi connectivity index (χ1) is 7.07. The average Bonchev–Trinajstić information content (AvgIpc) is 2.27. The van der Waals surface area contributed by atoms with Gasteiger partial charge in [0.1, 0.15) is 5.75 Å². The van der Waals surface area contributed by atoms with E-state index in [9.17, 15) is 8.42 Å². The van der Waals surface area contributed by atoms with Gasteiger partial charge in [0, 0.05) is 12.0 Å². The van der Waals surface area contributed by atoms with Gasteiger partial charge >= 0.3 is 0 Å². The summed E-state index contributed by atoms with van der Waals surface area (Å²) in [5, 5.41) is 0.885. The Labute approximate surface area is 89.6 Å². The Morgan fingerprint density at radius 2 is 2.00 bits per heavy atom. The molecule has 0 atom stereocenters. The fraction of sp³-hybridized carbons (Fsp3) is 0.200. The van der Waals surface area contributed by atoms with Crippen molar-refractivity contribution in [3.05, 3.63) is 41.8 Å². The van der Waals surface area contributed by atoms with Crippen LogP contribution >= 0.6 is 0 Å². The minimum atomic E-state index is -3.35. The molecule has 5 heteroatoms. The summed E-state index contributed by atoms with van der Waals surface area (Å²) < 4.78 is 29.4. The van der Waals surface area contributed by atoms with Crippen molar-refractivity contribution in [1.29, 1.82) is 0 Å². The number of sulfonamides is 1. The molecule has 1 N–H and O–H groups in total. The van der Waals surface area contributed by atoms with Crippen LogP contribution in [0, 0.1) is 0 Å². The maximum absolute atomic E-state index is 11.0. The highest BCUT2D eigenvalue weighted by atomic mass is 32.2. The van der Waals surface area contributed by atoms with Crippen LogP contribution in [0.15, 0.2) is 36.3 Å². The number of hydrogen-bond acceptors (Lipinski definition) is 3. The van der Waals surface area contributed by atoms with Crippen LogP contribution in [0.4, 0.5) is 0 Å². The normalized spacial score (nSPS) is 11.0. The summed E-state index contributed by atoms with van der Waals surface area (Å²) in [5.74, 6) is 0.741. The molecule has 0 spiro atoms. The molecule has 0 bridgehead atoms. The number of nitrogens with one attached hydrogen (secondary N) is 1. The van der Waals surface area contributed by atoms with Crippen LogP contribution in [0.1, 0.15) is 5.56 Å². The monoisotopic (exact) mass is 227 g/mol. The molecule has 0 heterocycles. The van der Waals surface area contributed by atoms with Gasteiger partial charge in [0.25, 0.3) is 0 Å². The Morgan fingerprint density at radius 3 is 2.47 bits per heavy atom. The van der Waals surface area contributed by atoms with E-state index >= 15 is 0 Å². The van der Waals surface area contributed by atoms with E-state index < -0.39 is 10.0 Å². The zero-order valence-electron chi connectivity index (χ0n) is 8.43. The number of hydrogen-bond donors (Lipinski definition) is 1. The summed E-state index contributed by atoms with van der Waals surface area (Å²) in [6.45, 7) is 3.45. The van der Waals surface area contributed by atoms with E-state index in [0.29, 0.717) is 0 Å². The molecule has 0 aromatic heterocycles. The van der Waals surface area contributed by atoms with Gasteiger partial charge in [-0.1, -0.05) is 18.7 Å². The molecule has 0 saturated heterocycles. The highest BCUT2D eigenvalue weighted by molar-refractivity contribution is 7.92. The van der Waals surface area contributed by atoms with E-state index in [4.69, 9.17) is 4.74 Å². The molecule has 1 aromatic carbocycles. The van der Waals surface area contributed by atoms with E-state index in [1.165, 1.54) is 0 Å². The maximum atomic E-state index is 11.0. The summed E-state index contributed by atoms with van der Waals surface area (Å²) in [4.78, 5) is 0. The second-order valence-corrected chi connectivity index (χ2v) is 4.59. The molecule has 0 unspecified atom stereocenters. The van der Waals surface area contributed by atoms with Crippen molar-refractivity contribution in [3.8, 4) is 5.75 Å². The summed E-state index contributed by atoms with van der Waals surface area (Å²) in [6.07, 6.45) is 0. The van der Waals surface area contributed by atoms with E-state index in [2.05, 4.69) is 11.3 Å². The number of benzene rings is 1. The van der Waals surface area contributed by atoms with Crippen LogP contribution in [-0.2, 0) is 16.6 Å². The summed E-state index contributed by atoms with van der Waals surface area (Å²) >= 11 is 0. The lowest BCUT2D eigenvalue weighted by Gasteiger charge is -2.04. The average molecular weight is 227 g/mol. The lowest BCUT2D eigenvalue weighted by molar-refractivity contribution is 0.414. The number of methoxy groups -OCH3 is 1. The fourth-order valence-corrected chi connectivity index (χ4v) is 1.47. The van der Waals surface area contributed by atoms with Gasteiger partial charge in [-0.05, 0) is 17.7 Å². The van der Waals surface area contributed by atoms with Crippen LogP contribution in [0.2, 0.25) is 0 Å². The van der Waals surface area contributed by atoms with Crippen LogP contribution in [-0.4, -0.2) is 15.5 Å². The van der Waals surface area contributed by atoms with E-state index in [1.54, 1.807) is 31.4 Å². The molecule has 0 aliphatic rings. The molecule has 0 fully saturated rings. The van der Waals surface area contributed by atoms with Crippen molar-refractivity contribution in [1.82, 2.24) is 4.72 Å². The summed E-state index contributed by atoms with van der Waals surface area (Å²) in [5.41, 5.74) is 0.862. The first-order valence-corrected chi connectivity index (χ1v) is 5.87. The molecule has 0 amide bonds. The van der Waals surface area contributed by atoms with E-state index in [0.717, 1.165) is 16.7 Å². The minimum Gasteiger partial charge on any atom is -0.497 e. The highest BCUT2D eigenvalue weighted by Gasteiger charge is 2.03. The van der Waals surface area contributed by atoms with Crippen molar-refractivity contribution < 1.29 is 13.2 Å². The highest BCUT2D eigenvalue weighted by Crippen LogP contribution is 2.11. The standard InChI is InChI=1S/C10H13NO3S/c1-3-15(12,13)11-8-9-4-6-10(14-2)7-5-9/h3-7,11H,1,8H2,2H3. The first-order valence-electron chi connectivity index (χ1n) is 4.32. The van der Waals surface area contributed by atoms with Crippen LogP contribution < -0.4 is 9.46 Å². The van der Waals surface area contributed by atoms with Crippen LogP contribution in [0.25, 0.3) is 0 Å². The van der Waals surface area contributed by atoms with Crippen molar-refractivity contribution in [2.45, 2.75) is 6.54 Å². The third kappa shape index (κ3) is 3.73. The van der Waals surface area contributed by atoms with Gasteiger partial charge < -0.3 is 4.74 Å². The summed E-state index contributed by atoms with van der Waals surface area (Å²) in [7, 11) is -1.77. The second kappa shape index (κ2) is 4.95. The zero-order valence-corrected chi connectivity index (χ0v) is 9.25. The quantitative estimate of drug-likeness (QED) is 0.823.